The molecule has 0 aromatic heterocycles. The highest BCUT2D eigenvalue weighted by Crippen LogP contribution is 2.11. The number of hydrogen-bond acceptors (Lipinski definition) is 7. The second kappa shape index (κ2) is 31.1. The van der Waals surface area contributed by atoms with Gasteiger partial charge in [-0.1, -0.05) is 132 Å². The molecule has 0 heterocycles. The van der Waals surface area contributed by atoms with E-state index in [0.717, 1.165) is 44.9 Å². The van der Waals surface area contributed by atoms with Crippen LogP contribution in [0.4, 0.5) is 0 Å². The smallest absolute Gasteiger partial charge is 0.306 e. The fourth-order valence-corrected chi connectivity index (χ4v) is 4.69. The Morgan fingerprint density at radius 1 is 0.646 bits per heavy atom. The van der Waals surface area contributed by atoms with E-state index in [0.29, 0.717) is 12.8 Å². The highest BCUT2D eigenvalue weighted by Gasteiger charge is 2.25. The lowest BCUT2D eigenvalue weighted by molar-refractivity contribution is -0.889. The molecule has 0 aliphatic heterocycles. The Morgan fingerprint density at radius 2 is 1.17 bits per heavy atom. The molecule has 8 heteroatoms. The maximum Gasteiger partial charge on any atom is 0.306 e. The highest BCUT2D eigenvalue weighted by atomic mass is 16.6. The van der Waals surface area contributed by atoms with Gasteiger partial charge in [-0.3, -0.25) is 9.59 Å². The van der Waals surface area contributed by atoms with Gasteiger partial charge in [0.1, 0.15) is 12.6 Å². The van der Waals surface area contributed by atoms with Crippen LogP contribution in [0.25, 0.3) is 0 Å². The van der Waals surface area contributed by atoms with Gasteiger partial charge in [0.25, 0.3) is 0 Å². The summed E-state index contributed by atoms with van der Waals surface area (Å²) in [6, 6.07) is -0.735. The maximum absolute atomic E-state index is 12.6. The van der Waals surface area contributed by atoms with Gasteiger partial charge in [-0.05, 0) is 32.1 Å². The summed E-state index contributed by atoms with van der Waals surface area (Å²) in [6.07, 6.45) is 36.5. The molecule has 0 fully saturated rings. The number of carbonyl (C=O) groups excluding carboxylic acids is 3. The number of aliphatic carboxylic acids is 1. The number of quaternary nitrogens is 1. The number of unbranched alkanes of at least 4 members (excludes halogenated alkanes) is 9. The minimum atomic E-state index is -1.14. The van der Waals surface area contributed by atoms with Gasteiger partial charge in [0.05, 0.1) is 40.3 Å². The van der Waals surface area contributed by atoms with Gasteiger partial charge >= 0.3 is 11.9 Å². The van der Waals surface area contributed by atoms with Crippen molar-refractivity contribution in [2.45, 2.75) is 122 Å². The molecule has 0 saturated carbocycles. The predicted molar refractivity (Wildman–Crippen MR) is 194 cm³/mol. The molecular weight excluding hydrogens is 606 g/mol. The van der Waals surface area contributed by atoms with Gasteiger partial charge in [-0.2, -0.15) is 0 Å². The Balaban J connectivity index is 4.54. The van der Waals surface area contributed by atoms with E-state index in [1.807, 2.05) is 60.8 Å². The highest BCUT2D eigenvalue weighted by molar-refractivity contribution is 5.70. The normalized spacial score (nSPS) is 13.9. The Bertz CT molecular complexity index is 1020. The molecule has 0 amide bonds. The fraction of sp³-hybridized carbons (Fsp3) is 0.625. The standard InChI is InChI=1S/C40H65NO7/c1-6-8-10-12-14-15-16-17-18-19-20-21-22-23-25-27-29-31-39(43)48-36(34-46-33-32-37(40(44)45)41(3,4)5)35-47-38(42)30-28-26-24-13-11-9-7-2/h8,10,12,14-22,36-37H,6-7,9,11,13,23-35H2,1-5H3/b10-8+,14-12+,16-15+,18-17+,20-19+,22-21+. The third-order valence-electron chi connectivity index (χ3n) is 7.52. The Labute approximate surface area is 291 Å². The van der Waals surface area contributed by atoms with Gasteiger partial charge in [-0.15, -0.1) is 0 Å². The van der Waals surface area contributed by atoms with Crippen LogP contribution in [-0.4, -0.2) is 75.5 Å². The maximum atomic E-state index is 12.6. The van der Waals surface area contributed by atoms with E-state index in [2.05, 4.69) is 26.0 Å². The molecule has 0 bridgehead atoms. The predicted octanol–water partition coefficient (Wildman–Crippen LogP) is 7.51. The lowest BCUT2D eigenvalue weighted by Crippen LogP contribution is -2.55. The third-order valence-corrected chi connectivity index (χ3v) is 7.52. The van der Waals surface area contributed by atoms with E-state index in [4.69, 9.17) is 14.2 Å². The summed E-state index contributed by atoms with van der Waals surface area (Å²) < 4.78 is 16.9. The van der Waals surface area contributed by atoms with Gasteiger partial charge in [0, 0.05) is 19.3 Å². The Hall–Kier alpha value is -3.23. The summed E-state index contributed by atoms with van der Waals surface area (Å²) >= 11 is 0. The molecule has 272 valence electrons. The van der Waals surface area contributed by atoms with Crippen molar-refractivity contribution in [3.63, 3.8) is 0 Å². The molecule has 0 aliphatic rings. The number of carboxylic acid groups (broad SMARTS) is 1. The van der Waals surface area contributed by atoms with Crippen molar-refractivity contribution >= 4 is 17.9 Å². The van der Waals surface area contributed by atoms with E-state index in [1.165, 1.54) is 25.7 Å². The number of likely N-dealkylation sites (N-methyl/N-ethyl adjacent to an activating group) is 1. The molecule has 0 saturated heterocycles. The SMILES string of the molecule is CC/C=C/C=C/C=C/C=C/C=C/C=C/CCCCCC(=O)OC(COCCC(C(=O)[O-])[N+](C)(C)C)COC(=O)CCCCCCCCC. The number of carboxylic acids is 1. The molecule has 0 rings (SSSR count). The molecule has 8 nitrogen and oxygen atoms in total. The van der Waals surface area contributed by atoms with Crippen molar-refractivity contribution in [1.29, 1.82) is 0 Å². The molecule has 0 aromatic rings. The van der Waals surface area contributed by atoms with E-state index in [9.17, 15) is 19.5 Å². The number of ether oxygens (including phenoxy) is 3. The van der Waals surface area contributed by atoms with Crippen molar-refractivity contribution in [2.75, 3.05) is 41.0 Å². The van der Waals surface area contributed by atoms with Gasteiger partial charge < -0.3 is 28.6 Å². The summed E-state index contributed by atoms with van der Waals surface area (Å²) in [5, 5.41) is 11.5. The van der Waals surface area contributed by atoms with Crippen molar-refractivity contribution in [3.8, 4) is 0 Å². The summed E-state index contributed by atoms with van der Waals surface area (Å²) in [4.78, 5) is 36.5. The minimum Gasteiger partial charge on any atom is -0.544 e. The van der Waals surface area contributed by atoms with Crippen molar-refractivity contribution in [3.05, 3.63) is 72.9 Å². The van der Waals surface area contributed by atoms with Crippen molar-refractivity contribution in [1.82, 2.24) is 0 Å². The second-order valence-electron chi connectivity index (χ2n) is 12.9. The molecular formula is C40H65NO7. The number of esters is 2. The third kappa shape index (κ3) is 29.0. The van der Waals surface area contributed by atoms with E-state index in [-0.39, 0.29) is 49.1 Å². The van der Waals surface area contributed by atoms with Crippen LogP contribution in [0.3, 0.4) is 0 Å². The zero-order valence-corrected chi connectivity index (χ0v) is 30.6. The lowest BCUT2D eigenvalue weighted by Gasteiger charge is -2.34. The number of rotatable bonds is 30. The van der Waals surface area contributed by atoms with Crippen LogP contribution in [0.1, 0.15) is 110 Å². The van der Waals surface area contributed by atoms with E-state index in [1.54, 1.807) is 21.1 Å². The van der Waals surface area contributed by atoms with Crippen LogP contribution in [-0.2, 0) is 28.6 Å². The average Bonchev–Trinajstić information content (AvgIpc) is 3.03. The molecule has 0 aliphatic carbocycles. The summed E-state index contributed by atoms with van der Waals surface area (Å²) in [5.74, 6) is -1.82. The van der Waals surface area contributed by atoms with Crippen molar-refractivity contribution < 1.29 is 38.2 Å². The van der Waals surface area contributed by atoms with Crippen LogP contribution in [0, 0.1) is 0 Å². The Kier molecular flexibility index (Phi) is 29.0. The number of hydrogen-bond donors (Lipinski definition) is 0. The van der Waals surface area contributed by atoms with Crippen molar-refractivity contribution in [2.24, 2.45) is 0 Å². The topological polar surface area (TPSA) is 102 Å². The first kappa shape index (κ1) is 44.8. The molecule has 2 atom stereocenters. The molecule has 0 radical (unpaired) electrons. The van der Waals surface area contributed by atoms with Gasteiger partial charge in [0.2, 0.25) is 0 Å². The minimum absolute atomic E-state index is 0.0187. The second-order valence-corrected chi connectivity index (χ2v) is 12.9. The Morgan fingerprint density at radius 3 is 1.73 bits per heavy atom. The molecule has 0 aromatic carbocycles. The molecule has 2 unspecified atom stereocenters. The molecule has 0 N–H and O–H groups in total. The van der Waals surface area contributed by atoms with E-state index >= 15 is 0 Å². The monoisotopic (exact) mass is 671 g/mol. The summed E-state index contributed by atoms with van der Waals surface area (Å²) in [7, 11) is 5.36. The van der Waals surface area contributed by atoms with Crippen LogP contribution in [0.5, 0.6) is 0 Å². The lowest BCUT2D eigenvalue weighted by atomic mass is 10.1. The fourth-order valence-electron chi connectivity index (χ4n) is 4.69. The van der Waals surface area contributed by atoms with Crippen LogP contribution >= 0.6 is 0 Å². The van der Waals surface area contributed by atoms with Crippen LogP contribution < -0.4 is 5.11 Å². The zero-order valence-electron chi connectivity index (χ0n) is 30.6. The first-order chi connectivity index (χ1) is 23.1. The number of carbonyl (C=O) groups is 3. The first-order valence-corrected chi connectivity index (χ1v) is 18.0. The molecule has 48 heavy (non-hydrogen) atoms. The zero-order chi connectivity index (χ0) is 35.7. The quantitative estimate of drug-likeness (QED) is 0.0337. The first-order valence-electron chi connectivity index (χ1n) is 18.0. The number of allylic oxidation sites excluding steroid dienone is 12. The summed E-state index contributed by atoms with van der Waals surface area (Å²) in [5.41, 5.74) is 0. The number of nitrogens with zero attached hydrogens (tertiary/aromatic N) is 1. The largest absolute Gasteiger partial charge is 0.544 e. The van der Waals surface area contributed by atoms with Gasteiger partial charge in [-0.25, -0.2) is 0 Å². The van der Waals surface area contributed by atoms with Crippen LogP contribution in [0.15, 0.2) is 72.9 Å². The summed E-state index contributed by atoms with van der Waals surface area (Å²) in [6.45, 7) is 4.38. The van der Waals surface area contributed by atoms with Gasteiger partial charge in [0.15, 0.2) is 6.10 Å². The van der Waals surface area contributed by atoms with Crippen LogP contribution in [0.2, 0.25) is 0 Å². The van der Waals surface area contributed by atoms with E-state index < -0.39 is 18.1 Å². The molecule has 0 spiro atoms. The average molecular weight is 672 g/mol.